The van der Waals surface area contributed by atoms with Crippen LogP contribution in [0.4, 0.5) is 5.69 Å². The molecule has 2 heterocycles. The predicted octanol–water partition coefficient (Wildman–Crippen LogP) is 5.54. The Morgan fingerprint density at radius 2 is 1.79 bits per heavy atom. The third kappa shape index (κ3) is 5.40. The molecule has 0 aliphatic rings. The number of non-ortho nitro benzene ring substituents is 1. The molecule has 0 saturated heterocycles. The summed E-state index contributed by atoms with van der Waals surface area (Å²) >= 11 is 0. The number of nitro benzene ring substituents is 1. The first kappa shape index (κ1) is 25.4. The number of rotatable bonds is 9. The van der Waals surface area contributed by atoms with Gasteiger partial charge in [-0.25, -0.2) is 4.98 Å². The SMILES string of the molecule is CCOc1ccc(-c2cc(C(=O)NCc3cccc(OC)c3)c3c(-c4cccc([N+](=O)[O-])c4)[nH]nc3n2)cc1. The Hall–Kier alpha value is -5.25. The smallest absolute Gasteiger partial charge is 0.270 e. The molecule has 0 unspecified atom stereocenters. The quantitative estimate of drug-likeness (QED) is 0.192. The minimum atomic E-state index is -0.466. The van der Waals surface area contributed by atoms with Gasteiger partial charge in [0.2, 0.25) is 0 Å². The average molecular weight is 524 g/mol. The maximum atomic E-state index is 13.6. The third-order valence-corrected chi connectivity index (χ3v) is 6.16. The van der Waals surface area contributed by atoms with Crippen LogP contribution in [0.15, 0.2) is 78.9 Å². The van der Waals surface area contributed by atoms with Crippen molar-refractivity contribution in [2.24, 2.45) is 0 Å². The van der Waals surface area contributed by atoms with Crippen LogP contribution >= 0.6 is 0 Å². The Morgan fingerprint density at radius 3 is 2.54 bits per heavy atom. The molecule has 1 amide bonds. The highest BCUT2D eigenvalue weighted by atomic mass is 16.6. The van der Waals surface area contributed by atoms with Gasteiger partial charge in [0.25, 0.3) is 11.6 Å². The number of aromatic amines is 1. The second-order valence-corrected chi connectivity index (χ2v) is 8.65. The number of amides is 1. The van der Waals surface area contributed by atoms with E-state index in [1.54, 1.807) is 25.3 Å². The van der Waals surface area contributed by atoms with E-state index in [9.17, 15) is 14.9 Å². The highest BCUT2D eigenvalue weighted by Gasteiger charge is 2.21. The molecule has 2 aromatic heterocycles. The number of hydrogen-bond donors (Lipinski definition) is 2. The van der Waals surface area contributed by atoms with Crippen molar-refractivity contribution < 1.29 is 19.2 Å². The van der Waals surface area contributed by atoms with Crippen molar-refractivity contribution in [3.63, 3.8) is 0 Å². The number of aromatic nitrogens is 3. The predicted molar refractivity (Wildman–Crippen MR) is 147 cm³/mol. The molecular formula is C29H25N5O5. The molecule has 0 spiro atoms. The molecule has 10 nitrogen and oxygen atoms in total. The van der Waals surface area contributed by atoms with E-state index >= 15 is 0 Å². The summed E-state index contributed by atoms with van der Waals surface area (Å²) in [5.41, 5.74) is 3.76. The minimum absolute atomic E-state index is 0.0711. The number of hydrogen-bond acceptors (Lipinski definition) is 7. The number of nitrogens with one attached hydrogen (secondary N) is 2. The number of methoxy groups -OCH3 is 1. The summed E-state index contributed by atoms with van der Waals surface area (Å²) in [4.78, 5) is 29.2. The number of nitrogens with zero attached hydrogens (tertiary/aromatic N) is 3. The summed E-state index contributed by atoms with van der Waals surface area (Å²) in [5.74, 6) is 1.07. The highest BCUT2D eigenvalue weighted by molar-refractivity contribution is 6.11. The Kier molecular flexibility index (Phi) is 7.17. The number of fused-ring (bicyclic) bond motifs is 1. The molecule has 5 aromatic rings. The molecule has 0 bridgehead atoms. The lowest BCUT2D eigenvalue weighted by atomic mass is 10.0. The van der Waals surface area contributed by atoms with Gasteiger partial charge in [-0.05, 0) is 55.0 Å². The van der Waals surface area contributed by atoms with Gasteiger partial charge in [-0.15, -0.1) is 0 Å². The van der Waals surface area contributed by atoms with Gasteiger partial charge in [-0.3, -0.25) is 20.0 Å². The number of nitro groups is 1. The van der Waals surface area contributed by atoms with Gasteiger partial charge in [-0.2, -0.15) is 5.10 Å². The van der Waals surface area contributed by atoms with E-state index in [1.165, 1.54) is 12.1 Å². The molecule has 0 saturated carbocycles. The first-order chi connectivity index (χ1) is 19.0. The molecular weight excluding hydrogens is 498 g/mol. The lowest BCUT2D eigenvalue weighted by molar-refractivity contribution is -0.384. The number of benzene rings is 3. The van der Waals surface area contributed by atoms with Gasteiger partial charge < -0.3 is 14.8 Å². The summed E-state index contributed by atoms with van der Waals surface area (Å²) in [6.07, 6.45) is 0. The molecule has 5 rings (SSSR count). The van der Waals surface area contributed by atoms with Gasteiger partial charge >= 0.3 is 0 Å². The van der Waals surface area contributed by atoms with E-state index in [0.29, 0.717) is 45.9 Å². The van der Waals surface area contributed by atoms with Crippen LogP contribution in [-0.4, -0.2) is 39.7 Å². The molecule has 3 aromatic carbocycles. The normalized spacial score (nSPS) is 10.8. The Labute approximate surface area is 223 Å². The van der Waals surface area contributed by atoms with Crippen LogP contribution in [0.2, 0.25) is 0 Å². The van der Waals surface area contributed by atoms with Gasteiger partial charge in [-0.1, -0.05) is 24.3 Å². The molecule has 196 valence electrons. The van der Waals surface area contributed by atoms with E-state index in [2.05, 4.69) is 15.5 Å². The maximum absolute atomic E-state index is 13.6. The van der Waals surface area contributed by atoms with Crippen LogP contribution in [0.1, 0.15) is 22.8 Å². The Morgan fingerprint density at radius 1 is 1.00 bits per heavy atom. The van der Waals surface area contributed by atoms with Crippen molar-refractivity contribution in [2.45, 2.75) is 13.5 Å². The summed E-state index contributed by atoms with van der Waals surface area (Å²) < 4.78 is 10.8. The number of carbonyl (C=O) groups is 1. The van der Waals surface area contributed by atoms with E-state index in [1.807, 2.05) is 55.5 Å². The largest absolute Gasteiger partial charge is 0.497 e. The summed E-state index contributed by atoms with van der Waals surface area (Å²) in [7, 11) is 1.59. The van der Waals surface area contributed by atoms with Crippen LogP contribution in [0.25, 0.3) is 33.5 Å². The maximum Gasteiger partial charge on any atom is 0.270 e. The van der Waals surface area contributed by atoms with Crippen molar-refractivity contribution in [1.82, 2.24) is 20.5 Å². The highest BCUT2D eigenvalue weighted by Crippen LogP contribution is 2.33. The fourth-order valence-electron chi connectivity index (χ4n) is 4.28. The standard InChI is InChI=1S/C29H25N5O5/c1-3-39-22-12-10-19(11-13-22)25-16-24(29(35)30-17-18-6-4-9-23(14-18)38-2)26-27(32-33-28(26)31-25)20-7-5-8-21(15-20)34(36)37/h4-16H,3,17H2,1-2H3,(H,30,35)(H,31,32,33). The van der Waals surface area contributed by atoms with E-state index in [4.69, 9.17) is 14.5 Å². The molecule has 0 atom stereocenters. The molecule has 39 heavy (non-hydrogen) atoms. The zero-order valence-electron chi connectivity index (χ0n) is 21.3. The second kappa shape index (κ2) is 11.0. The lowest BCUT2D eigenvalue weighted by Crippen LogP contribution is -2.23. The van der Waals surface area contributed by atoms with E-state index in [-0.39, 0.29) is 18.1 Å². The Balaban J connectivity index is 1.59. The number of carbonyl (C=O) groups excluding carboxylic acids is 1. The van der Waals surface area contributed by atoms with E-state index < -0.39 is 4.92 Å². The van der Waals surface area contributed by atoms with Crippen molar-refractivity contribution in [2.75, 3.05) is 13.7 Å². The first-order valence-electron chi connectivity index (χ1n) is 12.2. The molecule has 0 fully saturated rings. The number of pyridine rings is 1. The van der Waals surface area contributed by atoms with Gasteiger partial charge in [0, 0.05) is 29.8 Å². The second-order valence-electron chi connectivity index (χ2n) is 8.65. The summed E-state index contributed by atoms with van der Waals surface area (Å²) in [6.45, 7) is 2.73. The van der Waals surface area contributed by atoms with Crippen molar-refractivity contribution in [3.8, 4) is 34.0 Å². The number of ether oxygens (including phenoxy) is 2. The third-order valence-electron chi connectivity index (χ3n) is 6.16. The molecule has 10 heteroatoms. The van der Waals surface area contributed by atoms with E-state index in [0.717, 1.165) is 16.9 Å². The first-order valence-corrected chi connectivity index (χ1v) is 12.2. The fourth-order valence-corrected chi connectivity index (χ4v) is 4.28. The van der Waals surface area contributed by atoms with Gasteiger partial charge in [0.05, 0.1) is 41.0 Å². The van der Waals surface area contributed by atoms with Crippen molar-refractivity contribution >= 4 is 22.6 Å². The lowest BCUT2D eigenvalue weighted by Gasteiger charge is -2.11. The molecule has 0 aliphatic carbocycles. The minimum Gasteiger partial charge on any atom is -0.497 e. The zero-order chi connectivity index (χ0) is 27.4. The zero-order valence-corrected chi connectivity index (χ0v) is 21.3. The topological polar surface area (TPSA) is 132 Å². The average Bonchev–Trinajstić information content (AvgIpc) is 3.40. The van der Waals surface area contributed by atoms with Crippen molar-refractivity contribution in [1.29, 1.82) is 0 Å². The van der Waals surface area contributed by atoms with Crippen LogP contribution in [-0.2, 0) is 6.54 Å². The number of H-pyrrole nitrogens is 1. The van der Waals surface area contributed by atoms with Crippen LogP contribution in [0.5, 0.6) is 11.5 Å². The van der Waals surface area contributed by atoms with Crippen LogP contribution in [0.3, 0.4) is 0 Å². The van der Waals surface area contributed by atoms with Gasteiger partial charge in [0.1, 0.15) is 11.5 Å². The van der Waals surface area contributed by atoms with Crippen molar-refractivity contribution in [3.05, 3.63) is 100 Å². The van der Waals surface area contributed by atoms with Crippen LogP contribution in [0, 0.1) is 10.1 Å². The molecule has 0 aliphatic heterocycles. The molecule has 0 radical (unpaired) electrons. The fraction of sp³-hybridized carbons (Fsp3) is 0.138. The summed E-state index contributed by atoms with van der Waals surface area (Å²) in [5, 5.41) is 22.1. The monoisotopic (exact) mass is 523 g/mol. The Bertz CT molecular complexity index is 1660. The van der Waals surface area contributed by atoms with Gasteiger partial charge in [0.15, 0.2) is 5.65 Å². The molecule has 2 N–H and O–H groups in total. The summed E-state index contributed by atoms with van der Waals surface area (Å²) in [6, 6.07) is 22.7. The van der Waals surface area contributed by atoms with Crippen LogP contribution < -0.4 is 14.8 Å².